The molecule has 17 heavy (non-hydrogen) atoms. The van der Waals surface area contributed by atoms with E-state index in [9.17, 15) is 9.59 Å². The summed E-state index contributed by atoms with van der Waals surface area (Å²) in [6.45, 7) is 1.69. The first kappa shape index (κ1) is 11.6. The molecular formula is C11H15N3O3. The van der Waals surface area contributed by atoms with Gasteiger partial charge in [-0.2, -0.15) is 5.10 Å². The highest BCUT2D eigenvalue weighted by Gasteiger charge is 2.38. The number of aromatic nitrogens is 2. The van der Waals surface area contributed by atoms with Crippen LogP contribution in [0.1, 0.15) is 25.8 Å². The fourth-order valence-electron chi connectivity index (χ4n) is 1.71. The van der Waals surface area contributed by atoms with Crippen LogP contribution in [0.2, 0.25) is 0 Å². The molecule has 0 aliphatic heterocycles. The van der Waals surface area contributed by atoms with Crippen LogP contribution in [0.3, 0.4) is 0 Å². The molecule has 1 fully saturated rings. The number of carbonyl (C=O) groups excluding carboxylic acids is 1. The van der Waals surface area contributed by atoms with Crippen molar-refractivity contribution >= 4 is 11.9 Å². The Kier molecular flexibility index (Phi) is 3.12. The number of hydrogen-bond acceptors (Lipinski definition) is 3. The summed E-state index contributed by atoms with van der Waals surface area (Å²) >= 11 is 0. The second kappa shape index (κ2) is 4.57. The van der Waals surface area contributed by atoms with Gasteiger partial charge in [0.2, 0.25) is 5.91 Å². The summed E-state index contributed by atoms with van der Waals surface area (Å²) in [7, 11) is 0. The Balaban J connectivity index is 1.98. The zero-order valence-corrected chi connectivity index (χ0v) is 9.54. The van der Waals surface area contributed by atoms with Crippen LogP contribution in [-0.2, 0) is 9.59 Å². The number of aliphatic carboxylic acids is 1. The molecule has 1 aliphatic rings. The first-order valence-electron chi connectivity index (χ1n) is 5.62. The Morgan fingerprint density at radius 1 is 1.53 bits per heavy atom. The maximum atomic E-state index is 11.9. The molecule has 0 saturated heterocycles. The van der Waals surface area contributed by atoms with Gasteiger partial charge in [-0.15, -0.1) is 0 Å². The average molecular weight is 237 g/mol. The van der Waals surface area contributed by atoms with Gasteiger partial charge in [0.25, 0.3) is 0 Å². The van der Waals surface area contributed by atoms with Gasteiger partial charge in [-0.3, -0.25) is 9.48 Å². The molecule has 1 aliphatic carbocycles. The third-order valence-electron chi connectivity index (χ3n) is 2.96. The van der Waals surface area contributed by atoms with Gasteiger partial charge in [0.05, 0.1) is 0 Å². The van der Waals surface area contributed by atoms with Crippen molar-refractivity contribution < 1.29 is 14.7 Å². The highest BCUT2D eigenvalue weighted by Crippen LogP contribution is 2.32. The minimum absolute atomic E-state index is 0.0845. The van der Waals surface area contributed by atoms with Gasteiger partial charge in [0.1, 0.15) is 12.1 Å². The van der Waals surface area contributed by atoms with Crippen LogP contribution >= 0.6 is 0 Å². The van der Waals surface area contributed by atoms with Crippen LogP contribution < -0.4 is 5.32 Å². The van der Waals surface area contributed by atoms with Gasteiger partial charge in [-0.1, -0.05) is 0 Å². The lowest BCUT2D eigenvalue weighted by Gasteiger charge is -2.17. The van der Waals surface area contributed by atoms with E-state index in [-0.39, 0.29) is 11.8 Å². The zero-order chi connectivity index (χ0) is 12.4. The molecule has 2 unspecified atom stereocenters. The minimum atomic E-state index is -0.964. The molecule has 0 aromatic carbocycles. The molecule has 0 bridgehead atoms. The fourth-order valence-corrected chi connectivity index (χ4v) is 1.71. The molecule has 2 N–H and O–H groups in total. The zero-order valence-electron chi connectivity index (χ0n) is 9.54. The number of carboxylic acids is 1. The topological polar surface area (TPSA) is 84.2 Å². The second-order valence-corrected chi connectivity index (χ2v) is 4.32. The maximum Gasteiger partial charge on any atom is 0.326 e. The maximum absolute atomic E-state index is 11.9. The van der Waals surface area contributed by atoms with Crippen molar-refractivity contribution in [3.63, 3.8) is 0 Å². The molecular weight excluding hydrogens is 222 g/mol. The summed E-state index contributed by atoms with van der Waals surface area (Å²) in [6.07, 6.45) is 5.00. The monoisotopic (exact) mass is 237 g/mol. The van der Waals surface area contributed by atoms with Gasteiger partial charge < -0.3 is 10.4 Å². The van der Waals surface area contributed by atoms with Crippen LogP contribution in [0.15, 0.2) is 18.5 Å². The number of nitrogens with one attached hydrogen (secondary N) is 1. The summed E-state index contributed by atoms with van der Waals surface area (Å²) in [4.78, 5) is 22.8. The molecule has 1 heterocycles. The van der Waals surface area contributed by atoms with Crippen molar-refractivity contribution in [3.05, 3.63) is 18.5 Å². The number of rotatable bonds is 5. The Morgan fingerprint density at radius 2 is 2.24 bits per heavy atom. The van der Waals surface area contributed by atoms with Crippen LogP contribution in [0.25, 0.3) is 0 Å². The lowest BCUT2D eigenvalue weighted by atomic mass is 10.1. The van der Waals surface area contributed by atoms with Gasteiger partial charge in [0.15, 0.2) is 0 Å². The van der Waals surface area contributed by atoms with Gasteiger partial charge in [-0.05, 0) is 31.7 Å². The van der Waals surface area contributed by atoms with Gasteiger partial charge in [0, 0.05) is 12.4 Å². The molecule has 1 amide bonds. The van der Waals surface area contributed by atoms with E-state index in [0.29, 0.717) is 0 Å². The van der Waals surface area contributed by atoms with E-state index < -0.39 is 18.1 Å². The third-order valence-corrected chi connectivity index (χ3v) is 2.96. The Bertz CT molecular complexity index is 412. The Hall–Kier alpha value is -1.85. The number of amides is 1. The third kappa shape index (κ3) is 2.64. The summed E-state index contributed by atoms with van der Waals surface area (Å²) in [6, 6.07) is 0.463. The Labute approximate surface area is 98.6 Å². The van der Waals surface area contributed by atoms with E-state index in [1.807, 2.05) is 0 Å². The van der Waals surface area contributed by atoms with Crippen molar-refractivity contribution in [1.29, 1.82) is 0 Å². The quantitative estimate of drug-likeness (QED) is 0.777. The summed E-state index contributed by atoms with van der Waals surface area (Å²) in [5.41, 5.74) is 0. The van der Waals surface area contributed by atoms with Crippen molar-refractivity contribution in [1.82, 2.24) is 15.1 Å². The molecule has 1 saturated carbocycles. The van der Waals surface area contributed by atoms with E-state index in [2.05, 4.69) is 10.4 Å². The number of hydrogen-bond donors (Lipinski definition) is 2. The number of carboxylic acid groups (broad SMARTS) is 1. The molecule has 1 aromatic rings. The number of nitrogens with zero attached hydrogens (tertiary/aromatic N) is 2. The van der Waals surface area contributed by atoms with Gasteiger partial charge in [-0.25, -0.2) is 4.79 Å². The van der Waals surface area contributed by atoms with Crippen molar-refractivity contribution in [2.24, 2.45) is 5.92 Å². The molecule has 0 spiro atoms. The molecule has 1 aromatic heterocycles. The molecule has 0 radical (unpaired) electrons. The number of carbonyl (C=O) groups is 2. The van der Waals surface area contributed by atoms with Crippen LogP contribution in [0.5, 0.6) is 0 Å². The van der Waals surface area contributed by atoms with Gasteiger partial charge >= 0.3 is 5.97 Å². The molecule has 2 atom stereocenters. The van der Waals surface area contributed by atoms with E-state index >= 15 is 0 Å². The predicted octanol–water partition coefficient (Wildman–Crippen LogP) is 0.423. The minimum Gasteiger partial charge on any atom is -0.480 e. The van der Waals surface area contributed by atoms with E-state index in [0.717, 1.165) is 12.8 Å². The predicted molar refractivity (Wildman–Crippen MR) is 59.2 cm³/mol. The van der Waals surface area contributed by atoms with Crippen LogP contribution in [0.4, 0.5) is 0 Å². The highest BCUT2D eigenvalue weighted by atomic mass is 16.4. The largest absolute Gasteiger partial charge is 0.480 e. The molecule has 6 nitrogen and oxygen atoms in total. The van der Waals surface area contributed by atoms with Crippen molar-refractivity contribution in [3.8, 4) is 0 Å². The van der Waals surface area contributed by atoms with Crippen molar-refractivity contribution in [2.75, 3.05) is 0 Å². The standard InChI is InChI=1S/C11H15N3O3/c1-7(14-6-2-5-12-14)10(15)13-9(11(16)17)8-3-4-8/h2,5-9H,3-4H2,1H3,(H,13,15)(H,16,17). The molecule has 92 valence electrons. The summed E-state index contributed by atoms with van der Waals surface area (Å²) in [5, 5.41) is 15.5. The smallest absolute Gasteiger partial charge is 0.326 e. The van der Waals surface area contributed by atoms with E-state index in [4.69, 9.17) is 5.11 Å². The normalized spacial score (nSPS) is 18.4. The molecule has 2 rings (SSSR count). The second-order valence-electron chi connectivity index (χ2n) is 4.32. The van der Waals surface area contributed by atoms with Crippen LogP contribution in [-0.4, -0.2) is 32.8 Å². The fraction of sp³-hybridized carbons (Fsp3) is 0.545. The summed E-state index contributed by atoms with van der Waals surface area (Å²) in [5.74, 6) is -1.19. The van der Waals surface area contributed by atoms with E-state index in [1.54, 1.807) is 25.4 Å². The first-order chi connectivity index (χ1) is 8.09. The first-order valence-corrected chi connectivity index (χ1v) is 5.62. The average Bonchev–Trinajstić information content (AvgIpc) is 2.98. The SMILES string of the molecule is CC(C(=O)NC(C(=O)O)C1CC1)n1cccn1. The highest BCUT2D eigenvalue weighted by molar-refractivity contribution is 5.86. The lowest BCUT2D eigenvalue weighted by Crippen LogP contribution is -2.45. The van der Waals surface area contributed by atoms with E-state index in [1.165, 1.54) is 4.68 Å². The van der Waals surface area contributed by atoms with Crippen LogP contribution in [0, 0.1) is 5.92 Å². The molecule has 6 heteroatoms. The lowest BCUT2D eigenvalue weighted by molar-refractivity contribution is -0.142. The van der Waals surface area contributed by atoms with Crippen molar-refractivity contribution in [2.45, 2.75) is 31.8 Å². The summed E-state index contributed by atoms with van der Waals surface area (Å²) < 4.78 is 1.50. The Morgan fingerprint density at radius 3 is 2.71 bits per heavy atom.